The highest BCUT2D eigenvalue weighted by Crippen LogP contribution is 2.50. The van der Waals surface area contributed by atoms with Crippen molar-refractivity contribution in [1.82, 2.24) is 4.90 Å². The van der Waals surface area contributed by atoms with E-state index >= 15 is 0 Å². The van der Waals surface area contributed by atoms with Crippen LogP contribution in [-0.4, -0.2) is 50.2 Å². The first kappa shape index (κ1) is 24.6. The van der Waals surface area contributed by atoms with Gasteiger partial charge in [-0.2, -0.15) is 13.2 Å². The molecular weight excluding hydrogens is 471 g/mol. The zero-order valence-electron chi connectivity index (χ0n) is 20.1. The number of benzene rings is 2. The van der Waals surface area contributed by atoms with Crippen molar-refractivity contribution in [3.8, 4) is 0 Å². The summed E-state index contributed by atoms with van der Waals surface area (Å²) in [5, 5.41) is 6.89. The summed E-state index contributed by atoms with van der Waals surface area (Å²) in [5.74, 6) is 0.742. The Labute approximate surface area is 209 Å². The van der Waals surface area contributed by atoms with Crippen molar-refractivity contribution in [2.45, 2.75) is 54.6 Å². The number of nitrogens with one attached hydrogen (secondary N) is 2. The molecule has 0 aromatic heterocycles. The second-order valence-electron chi connectivity index (χ2n) is 10.0. The highest BCUT2D eigenvalue weighted by atomic mass is 32.2. The van der Waals surface area contributed by atoms with Gasteiger partial charge in [-0.25, -0.2) is 0 Å². The van der Waals surface area contributed by atoms with Gasteiger partial charge in [0, 0.05) is 60.8 Å². The Hall–Kier alpha value is -2.10. The molecule has 0 saturated carbocycles. The minimum atomic E-state index is -4.40. The summed E-state index contributed by atoms with van der Waals surface area (Å²) in [4.78, 5) is 6.27. The molecule has 0 atom stereocenters. The van der Waals surface area contributed by atoms with Gasteiger partial charge >= 0.3 is 6.18 Å². The molecule has 0 radical (unpaired) electrons. The van der Waals surface area contributed by atoms with E-state index in [1.54, 1.807) is 0 Å². The van der Waals surface area contributed by atoms with Gasteiger partial charge in [-0.05, 0) is 61.9 Å². The highest BCUT2D eigenvalue weighted by Gasteiger charge is 2.34. The lowest BCUT2D eigenvalue weighted by molar-refractivity contribution is -0.137. The Balaban J connectivity index is 1.39. The quantitative estimate of drug-likeness (QED) is 0.396. The van der Waals surface area contributed by atoms with Crippen molar-refractivity contribution in [2.24, 2.45) is 11.7 Å². The van der Waals surface area contributed by atoms with Crippen LogP contribution in [0, 0.1) is 5.92 Å². The Morgan fingerprint density at radius 1 is 1.03 bits per heavy atom. The molecule has 0 bridgehead atoms. The van der Waals surface area contributed by atoms with E-state index in [2.05, 4.69) is 45.6 Å². The number of piperidine rings is 2. The van der Waals surface area contributed by atoms with Gasteiger partial charge in [0.25, 0.3) is 0 Å². The molecule has 2 aromatic rings. The van der Waals surface area contributed by atoms with Crippen molar-refractivity contribution < 1.29 is 13.2 Å². The van der Waals surface area contributed by atoms with Gasteiger partial charge in [0.2, 0.25) is 0 Å². The molecule has 2 fully saturated rings. The van der Waals surface area contributed by atoms with E-state index in [0.717, 1.165) is 73.4 Å². The summed E-state index contributed by atoms with van der Waals surface area (Å²) in [7, 11) is 0. The van der Waals surface area contributed by atoms with Crippen LogP contribution in [0.15, 0.2) is 40.1 Å². The largest absolute Gasteiger partial charge is 0.416 e. The number of nitrogens with two attached hydrogens (primary N) is 1. The predicted molar refractivity (Wildman–Crippen MR) is 138 cm³/mol. The van der Waals surface area contributed by atoms with E-state index in [4.69, 9.17) is 5.73 Å². The van der Waals surface area contributed by atoms with Gasteiger partial charge in [-0.15, -0.1) is 0 Å². The molecule has 3 aliphatic heterocycles. The number of hydrogen-bond acceptors (Lipinski definition) is 6. The fourth-order valence-electron chi connectivity index (χ4n) is 5.22. The fourth-order valence-corrected chi connectivity index (χ4v) is 6.32. The highest BCUT2D eigenvalue weighted by molar-refractivity contribution is 7.99. The normalized spacial score (nSPS) is 19.7. The summed E-state index contributed by atoms with van der Waals surface area (Å²) < 4.78 is 41.4. The molecule has 9 heteroatoms. The maximum absolute atomic E-state index is 13.8. The number of halogens is 3. The van der Waals surface area contributed by atoms with Crippen LogP contribution in [0.1, 0.15) is 38.2 Å². The first-order chi connectivity index (χ1) is 16.8. The van der Waals surface area contributed by atoms with Gasteiger partial charge in [-0.1, -0.05) is 18.7 Å². The lowest BCUT2D eigenvalue weighted by Crippen LogP contribution is -2.41. The van der Waals surface area contributed by atoms with Crippen LogP contribution in [0.25, 0.3) is 0 Å². The third kappa shape index (κ3) is 5.52. The minimum absolute atomic E-state index is 0.133. The van der Waals surface area contributed by atoms with E-state index in [1.807, 2.05) is 0 Å². The number of alkyl halides is 3. The van der Waals surface area contributed by atoms with Crippen molar-refractivity contribution >= 4 is 34.5 Å². The lowest BCUT2D eigenvalue weighted by atomic mass is 9.99. The summed E-state index contributed by atoms with van der Waals surface area (Å²) in [6, 6.07) is 8.97. The summed E-state index contributed by atoms with van der Waals surface area (Å²) in [6.07, 6.45) is -0.302. The van der Waals surface area contributed by atoms with Crippen molar-refractivity contribution in [2.75, 3.05) is 54.8 Å². The average molecular weight is 506 g/mol. The van der Waals surface area contributed by atoms with Crippen molar-refractivity contribution in [1.29, 1.82) is 0 Å². The molecule has 5 rings (SSSR count). The standard InChI is InChI=1S/C26H34F3N5S/c1-17-4-11-34(12-5-17)20-2-3-21-23(16-20)35-24-15-18(26(27,28)29)14-22(25(24)32-21)31-19-6-9-33(10-7-19)13-8-30/h2-3,14-17,19,31-32H,4-13,30H2,1H3. The molecule has 5 nitrogen and oxygen atoms in total. The summed E-state index contributed by atoms with van der Waals surface area (Å²) in [6.45, 7) is 7.61. The van der Waals surface area contributed by atoms with Crippen LogP contribution in [-0.2, 0) is 6.18 Å². The molecule has 2 aromatic carbocycles. The molecule has 35 heavy (non-hydrogen) atoms. The lowest BCUT2D eigenvalue weighted by Gasteiger charge is -2.34. The Morgan fingerprint density at radius 3 is 2.46 bits per heavy atom. The molecule has 0 unspecified atom stereocenters. The molecule has 2 saturated heterocycles. The van der Waals surface area contributed by atoms with Crippen LogP contribution in [0.2, 0.25) is 0 Å². The Morgan fingerprint density at radius 2 is 1.77 bits per heavy atom. The van der Waals surface area contributed by atoms with Crippen LogP contribution in [0.3, 0.4) is 0 Å². The number of rotatable bonds is 5. The second-order valence-corrected chi connectivity index (χ2v) is 11.1. The first-order valence-electron chi connectivity index (χ1n) is 12.6. The topological polar surface area (TPSA) is 56.6 Å². The third-order valence-electron chi connectivity index (χ3n) is 7.42. The molecule has 190 valence electrons. The predicted octanol–water partition coefficient (Wildman–Crippen LogP) is 5.98. The average Bonchev–Trinajstić information content (AvgIpc) is 2.84. The third-order valence-corrected chi connectivity index (χ3v) is 8.52. The molecule has 0 amide bonds. The van der Waals surface area contributed by atoms with E-state index in [-0.39, 0.29) is 6.04 Å². The number of fused-ring (bicyclic) bond motifs is 2. The SMILES string of the molecule is CC1CCN(c2ccc3c(c2)Sc2cc(C(F)(F)F)cc(NC4CCN(CCN)CC4)c2N3)CC1. The zero-order valence-corrected chi connectivity index (χ0v) is 20.9. The summed E-state index contributed by atoms with van der Waals surface area (Å²) >= 11 is 1.42. The van der Waals surface area contributed by atoms with Crippen LogP contribution in [0.5, 0.6) is 0 Å². The number of anilines is 4. The number of hydrogen-bond donors (Lipinski definition) is 3. The molecule has 0 aliphatic carbocycles. The minimum Gasteiger partial charge on any atom is -0.380 e. The molecule has 3 aliphatic rings. The van der Waals surface area contributed by atoms with E-state index in [9.17, 15) is 13.2 Å². The smallest absolute Gasteiger partial charge is 0.380 e. The Kier molecular flexibility index (Phi) is 7.10. The van der Waals surface area contributed by atoms with Gasteiger partial charge in [0.15, 0.2) is 0 Å². The molecule has 0 spiro atoms. The van der Waals surface area contributed by atoms with Crippen molar-refractivity contribution in [3.05, 3.63) is 35.9 Å². The van der Waals surface area contributed by atoms with Gasteiger partial charge in [0.05, 0.1) is 22.6 Å². The Bertz CT molecular complexity index is 1040. The second kappa shape index (κ2) is 10.1. The monoisotopic (exact) mass is 505 g/mol. The van der Waals surface area contributed by atoms with E-state index < -0.39 is 11.7 Å². The van der Waals surface area contributed by atoms with Gasteiger partial charge < -0.3 is 26.2 Å². The number of nitrogens with zero attached hydrogens (tertiary/aromatic N) is 2. The van der Waals surface area contributed by atoms with E-state index in [0.29, 0.717) is 17.1 Å². The maximum Gasteiger partial charge on any atom is 0.416 e. The first-order valence-corrected chi connectivity index (χ1v) is 13.4. The fraction of sp³-hybridized carbons (Fsp3) is 0.538. The van der Waals surface area contributed by atoms with Crippen LogP contribution < -0.4 is 21.3 Å². The van der Waals surface area contributed by atoms with Gasteiger partial charge in [0.1, 0.15) is 0 Å². The molecular formula is C26H34F3N5S. The van der Waals surface area contributed by atoms with Crippen molar-refractivity contribution in [3.63, 3.8) is 0 Å². The van der Waals surface area contributed by atoms with E-state index in [1.165, 1.54) is 36.7 Å². The summed E-state index contributed by atoms with van der Waals surface area (Å²) in [5.41, 5.74) is 8.40. The van der Waals surface area contributed by atoms with Gasteiger partial charge in [-0.3, -0.25) is 0 Å². The number of likely N-dealkylation sites (tertiary alicyclic amines) is 1. The van der Waals surface area contributed by atoms with Crippen LogP contribution in [0.4, 0.5) is 35.9 Å². The maximum atomic E-state index is 13.8. The molecule has 4 N–H and O–H groups in total. The molecule has 3 heterocycles. The zero-order chi connectivity index (χ0) is 24.6. The van der Waals surface area contributed by atoms with Crippen LogP contribution >= 0.6 is 11.8 Å².